The van der Waals surface area contributed by atoms with Crippen LogP contribution >= 0.6 is 0 Å². The molecule has 0 fully saturated rings. The van der Waals surface area contributed by atoms with Gasteiger partial charge in [-0.25, -0.2) is 4.79 Å². The molecule has 158 valence electrons. The minimum Gasteiger partial charge on any atom is -0.464 e. The molecule has 1 amide bonds. The van der Waals surface area contributed by atoms with Crippen LogP contribution in [0.5, 0.6) is 0 Å². The van der Waals surface area contributed by atoms with E-state index in [0.29, 0.717) is 25.4 Å². The highest BCUT2D eigenvalue weighted by Gasteiger charge is 2.23. The quantitative estimate of drug-likeness (QED) is 0.474. The van der Waals surface area contributed by atoms with Gasteiger partial charge in [-0.3, -0.25) is 4.79 Å². The second kappa shape index (κ2) is 13.4. The zero-order valence-corrected chi connectivity index (χ0v) is 18.4. The third-order valence-electron chi connectivity index (χ3n) is 4.83. The predicted octanol–water partition coefficient (Wildman–Crippen LogP) is 5.16. The summed E-state index contributed by atoms with van der Waals surface area (Å²) in [5.41, 5.74) is 1.01. The minimum absolute atomic E-state index is 0.102. The highest BCUT2D eigenvalue weighted by Crippen LogP contribution is 2.15. The molecule has 0 saturated heterocycles. The van der Waals surface area contributed by atoms with Gasteiger partial charge in [0.15, 0.2) is 0 Å². The lowest BCUT2D eigenvalue weighted by Gasteiger charge is -2.19. The molecule has 1 aromatic rings. The van der Waals surface area contributed by atoms with Gasteiger partial charge in [0.25, 0.3) is 0 Å². The van der Waals surface area contributed by atoms with Crippen LogP contribution < -0.4 is 5.32 Å². The van der Waals surface area contributed by atoms with Crippen molar-refractivity contribution in [3.05, 3.63) is 35.9 Å². The molecule has 1 N–H and O–H groups in total. The molecule has 0 aliphatic rings. The summed E-state index contributed by atoms with van der Waals surface area (Å²) < 4.78 is 5.53. The van der Waals surface area contributed by atoms with Crippen molar-refractivity contribution in [2.75, 3.05) is 6.61 Å². The van der Waals surface area contributed by atoms with E-state index in [2.05, 4.69) is 26.1 Å². The molecule has 0 bridgehead atoms. The normalized spacial score (nSPS) is 13.4. The van der Waals surface area contributed by atoms with Crippen molar-refractivity contribution in [3.8, 4) is 0 Å². The van der Waals surface area contributed by atoms with Gasteiger partial charge in [-0.05, 0) is 29.7 Å². The first-order valence-corrected chi connectivity index (χ1v) is 10.8. The Morgan fingerprint density at radius 3 is 2.21 bits per heavy atom. The number of hydrogen-bond acceptors (Lipinski definition) is 3. The fourth-order valence-corrected chi connectivity index (χ4v) is 3.15. The fourth-order valence-electron chi connectivity index (χ4n) is 3.15. The summed E-state index contributed by atoms with van der Waals surface area (Å²) in [7, 11) is 0. The van der Waals surface area contributed by atoms with Gasteiger partial charge in [0.1, 0.15) is 6.04 Å². The molecular formula is C24H39NO3. The molecule has 0 saturated carbocycles. The van der Waals surface area contributed by atoms with Crippen LogP contribution in [-0.4, -0.2) is 24.5 Å². The Labute approximate surface area is 171 Å². The van der Waals surface area contributed by atoms with E-state index in [-0.39, 0.29) is 17.8 Å². The van der Waals surface area contributed by atoms with E-state index in [0.717, 1.165) is 24.3 Å². The number of amides is 1. The summed E-state index contributed by atoms with van der Waals surface area (Å²) in [6.07, 6.45) is 5.34. The first-order chi connectivity index (χ1) is 13.3. The maximum atomic E-state index is 12.6. The zero-order chi connectivity index (χ0) is 20.9. The Balaban J connectivity index is 2.52. The summed E-state index contributed by atoms with van der Waals surface area (Å²) in [6.45, 7) is 11.1. The van der Waals surface area contributed by atoms with Crippen LogP contribution in [0.2, 0.25) is 0 Å². The molecule has 1 rings (SSSR count). The van der Waals surface area contributed by atoms with Crippen LogP contribution in [0, 0.1) is 17.8 Å². The molecule has 0 spiro atoms. The first-order valence-electron chi connectivity index (χ1n) is 10.8. The molecule has 4 heteroatoms. The van der Waals surface area contributed by atoms with Crippen LogP contribution in [0.3, 0.4) is 0 Å². The van der Waals surface area contributed by atoms with Gasteiger partial charge in [0, 0.05) is 12.8 Å². The summed E-state index contributed by atoms with van der Waals surface area (Å²) in [5, 5.41) is 2.87. The molecule has 28 heavy (non-hydrogen) atoms. The van der Waals surface area contributed by atoms with E-state index >= 15 is 0 Å². The molecule has 0 radical (unpaired) electrons. The van der Waals surface area contributed by atoms with Gasteiger partial charge in [-0.15, -0.1) is 0 Å². The van der Waals surface area contributed by atoms with Crippen LogP contribution in [0.15, 0.2) is 30.3 Å². The number of esters is 1. The van der Waals surface area contributed by atoms with Gasteiger partial charge in [-0.2, -0.15) is 0 Å². The van der Waals surface area contributed by atoms with Gasteiger partial charge in [0.2, 0.25) is 5.91 Å². The topological polar surface area (TPSA) is 55.4 Å². The second-order valence-corrected chi connectivity index (χ2v) is 8.79. The average Bonchev–Trinajstić information content (AvgIpc) is 2.61. The Hall–Kier alpha value is -1.84. The van der Waals surface area contributed by atoms with Crippen molar-refractivity contribution in [2.24, 2.45) is 17.8 Å². The summed E-state index contributed by atoms with van der Waals surface area (Å²) in [4.78, 5) is 24.8. The van der Waals surface area contributed by atoms with Gasteiger partial charge < -0.3 is 10.1 Å². The number of ether oxygens (including phenoxy) is 1. The smallest absolute Gasteiger partial charge is 0.328 e. The van der Waals surface area contributed by atoms with Crippen molar-refractivity contribution < 1.29 is 14.3 Å². The predicted molar refractivity (Wildman–Crippen MR) is 115 cm³/mol. The number of benzene rings is 1. The van der Waals surface area contributed by atoms with Crippen LogP contribution in [0.25, 0.3) is 0 Å². The Morgan fingerprint density at radius 1 is 0.929 bits per heavy atom. The number of carbonyl (C=O) groups excluding carboxylic acids is 2. The van der Waals surface area contributed by atoms with E-state index in [9.17, 15) is 9.59 Å². The highest BCUT2D eigenvalue weighted by molar-refractivity contribution is 5.84. The SMILES string of the molecule is CC(C)CCCC(C)CCOC(=O)C(Cc1ccccc1)NC(=O)CC(C)C. The zero-order valence-electron chi connectivity index (χ0n) is 18.4. The van der Waals surface area contributed by atoms with Crippen molar-refractivity contribution in [1.29, 1.82) is 0 Å². The summed E-state index contributed by atoms with van der Waals surface area (Å²) in [5.74, 6) is 1.08. The average molecular weight is 390 g/mol. The Morgan fingerprint density at radius 2 is 1.61 bits per heavy atom. The first kappa shape index (κ1) is 24.2. The second-order valence-electron chi connectivity index (χ2n) is 8.79. The fraction of sp³-hybridized carbons (Fsp3) is 0.667. The number of nitrogens with one attached hydrogen (secondary N) is 1. The van der Waals surface area contributed by atoms with Crippen LogP contribution in [0.1, 0.15) is 72.3 Å². The third kappa shape index (κ3) is 11.1. The van der Waals surface area contributed by atoms with Crippen molar-refractivity contribution >= 4 is 11.9 Å². The minimum atomic E-state index is -0.634. The standard InChI is InChI=1S/C24H39NO3/c1-18(2)10-9-11-20(5)14-15-28-24(27)22(25-23(26)16-19(3)4)17-21-12-7-6-8-13-21/h6-8,12-13,18-20,22H,9-11,14-17H2,1-5H3,(H,25,26). The maximum absolute atomic E-state index is 12.6. The van der Waals surface area contributed by atoms with Crippen LogP contribution in [0.4, 0.5) is 0 Å². The number of hydrogen-bond donors (Lipinski definition) is 1. The Bertz CT molecular complexity index is 568. The molecule has 0 aromatic heterocycles. The van der Waals surface area contributed by atoms with Gasteiger partial charge in [0.05, 0.1) is 6.61 Å². The molecule has 0 aliphatic heterocycles. The van der Waals surface area contributed by atoms with E-state index in [1.807, 2.05) is 44.2 Å². The molecule has 2 atom stereocenters. The maximum Gasteiger partial charge on any atom is 0.328 e. The van der Waals surface area contributed by atoms with E-state index < -0.39 is 6.04 Å². The molecule has 0 aliphatic carbocycles. The third-order valence-corrected chi connectivity index (χ3v) is 4.83. The lowest BCUT2D eigenvalue weighted by molar-refractivity contribution is -0.148. The highest BCUT2D eigenvalue weighted by atomic mass is 16.5. The summed E-state index contributed by atoms with van der Waals surface area (Å²) in [6, 6.07) is 9.11. The molecular weight excluding hydrogens is 350 g/mol. The van der Waals surface area contributed by atoms with Gasteiger partial charge >= 0.3 is 5.97 Å². The number of rotatable bonds is 13. The molecule has 1 aromatic carbocycles. The van der Waals surface area contributed by atoms with E-state index in [4.69, 9.17) is 4.74 Å². The van der Waals surface area contributed by atoms with Crippen molar-refractivity contribution in [3.63, 3.8) is 0 Å². The lowest BCUT2D eigenvalue weighted by Crippen LogP contribution is -2.43. The van der Waals surface area contributed by atoms with E-state index in [1.54, 1.807) is 0 Å². The van der Waals surface area contributed by atoms with Crippen molar-refractivity contribution in [2.45, 2.75) is 79.2 Å². The largest absolute Gasteiger partial charge is 0.464 e. The molecule has 4 nitrogen and oxygen atoms in total. The van der Waals surface area contributed by atoms with Gasteiger partial charge in [-0.1, -0.05) is 84.2 Å². The van der Waals surface area contributed by atoms with Crippen LogP contribution in [-0.2, 0) is 20.7 Å². The Kier molecular flexibility index (Phi) is 11.5. The summed E-state index contributed by atoms with van der Waals surface area (Å²) >= 11 is 0. The lowest BCUT2D eigenvalue weighted by atomic mass is 9.98. The molecule has 2 unspecified atom stereocenters. The van der Waals surface area contributed by atoms with Crippen molar-refractivity contribution in [1.82, 2.24) is 5.32 Å². The molecule has 0 heterocycles. The van der Waals surface area contributed by atoms with E-state index in [1.165, 1.54) is 12.8 Å². The number of carbonyl (C=O) groups is 2. The monoisotopic (exact) mass is 389 g/mol.